The van der Waals surface area contributed by atoms with Crippen LogP contribution in [0.15, 0.2) is 120 Å². The van der Waals surface area contributed by atoms with E-state index in [9.17, 15) is 0 Å². The third-order valence-corrected chi connectivity index (χ3v) is 5.87. The summed E-state index contributed by atoms with van der Waals surface area (Å²) in [7, 11) is 0. The van der Waals surface area contributed by atoms with Gasteiger partial charge in [0.15, 0.2) is 0 Å². The van der Waals surface area contributed by atoms with Gasteiger partial charge >= 0.3 is 0 Å². The molecule has 178 valence electrons. The summed E-state index contributed by atoms with van der Waals surface area (Å²) in [5, 5.41) is 15.6. The van der Waals surface area contributed by atoms with Crippen LogP contribution in [0.25, 0.3) is 21.5 Å². The Kier molecular flexibility index (Phi) is 6.07. The summed E-state index contributed by atoms with van der Waals surface area (Å²) in [5.74, 6) is 1.11. The van der Waals surface area contributed by atoms with Crippen LogP contribution in [0.3, 0.4) is 0 Å². The molecular formula is C30H23N7. The normalized spacial score (nSPS) is 11.1. The van der Waals surface area contributed by atoms with E-state index in [0.29, 0.717) is 17.8 Å². The number of aromatic nitrogens is 3. The van der Waals surface area contributed by atoms with Crippen molar-refractivity contribution in [1.29, 1.82) is 0 Å². The van der Waals surface area contributed by atoms with Gasteiger partial charge in [-0.25, -0.2) is 5.43 Å². The molecule has 3 N–H and O–H groups in total. The third-order valence-electron chi connectivity index (χ3n) is 5.87. The molecule has 0 atom stereocenters. The second-order valence-corrected chi connectivity index (χ2v) is 8.39. The minimum Gasteiger partial charge on any atom is -0.324 e. The Labute approximate surface area is 214 Å². The van der Waals surface area contributed by atoms with E-state index >= 15 is 0 Å². The van der Waals surface area contributed by atoms with Crippen molar-refractivity contribution in [2.75, 3.05) is 16.1 Å². The molecule has 0 saturated carbocycles. The van der Waals surface area contributed by atoms with Crippen molar-refractivity contribution < 1.29 is 0 Å². The smallest absolute Gasteiger partial charge is 0.250 e. The summed E-state index contributed by atoms with van der Waals surface area (Å²) in [6, 6.07) is 38.3. The maximum absolute atomic E-state index is 4.54. The average molecular weight is 482 g/mol. The van der Waals surface area contributed by atoms with E-state index in [4.69, 9.17) is 0 Å². The fourth-order valence-electron chi connectivity index (χ4n) is 4.18. The van der Waals surface area contributed by atoms with Gasteiger partial charge in [0.1, 0.15) is 0 Å². The molecule has 0 saturated heterocycles. The van der Waals surface area contributed by atoms with E-state index in [1.54, 1.807) is 0 Å². The average Bonchev–Trinajstić information content (AvgIpc) is 2.94. The molecule has 0 unspecified atom stereocenters. The van der Waals surface area contributed by atoms with Gasteiger partial charge < -0.3 is 10.6 Å². The molecule has 0 fully saturated rings. The molecule has 0 spiro atoms. The maximum Gasteiger partial charge on any atom is 0.250 e. The number of hydrogen-bond donors (Lipinski definition) is 3. The Hall–Kier alpha value is -5.30. The highest BCUT2D eigenvalue weighted by Crippen LogP contribution is 2.27. The zero-order valence-corrected chi connectivity index (χ0v) is 19.8. The lowest BCUT2D eigenvalue weighted by atomic mass is 9.97. The molecule has 0 aliphatic carbocycles. The summed E-state index contributed by atoms with van der Waals surface area (Å²) in [6.07, 6.45) is 1.82. The lowest BCUT2D eigenvalue weighted by Crippen LogP contribution is -2.07. The van der Waals surface area contributed by atoms with Gasteiger partial charge in [-0.2, -0.15) is 20.1 Å². The summed E-state index contributed by atoms with van der Waals surface area (Å²) in [6.45, 7) is 0. The van der Waals surface area contributed by atoms with Crippen LogP contribution >= 0.6 is 0 Å². The molecule has 0 radical (unpaired) electrons. The highest BCUT2D eigenvalue weighted by atomic mass is 15.4. The molecule has 0 amide bonds. The van der Waals surface area contributed by atoms with Gasteiger partial charge in [0.05, 0.1) is 6.21 Å². The molecule has 7 heteroatoms. The van der Waals surface area contributed by atoms with Crippen LogP contribution in [0, 0.1) is 0 Å². The van der Waals surface area contributed by atoms with Crippen LogP contribution in [0.2, 0.25) is 0 Å². The van der Waals surface area contributed by atoms with E-state index < -0.39 is 0 Å². The predicted molar refractivity (Wildman–Crippen MR) is 152 cm³/mol. The fraction of sp³-hybridized carbons (Fsp3) is 0. The molecular weight excluding hydrogens is 458 g/mol. The fourth-order valence-corrected chi connectivity index (χ4v) is 4.18. The highest BCUT2D eigenvalue weighted by Gasteiger charge is 2.09. The minimum absolute atomic E-state index is 0.313. The van der Waals surface area contributed by atoms with Gasteiger partial charge in [-0.15, -0.1) is 0 Å². The van der Waals surface area contributed by atoms with Crippen molar-refractivity contribution in [3.05, 3.63) is 121 Å². The first-order valence-corrected chi connectivity index (χ1v) is 11.9. The number of para-hydroxylation sites is 2. The molecule has 0 aliphatic heterocycles. The van der Waals surface area contributed by atoms with Crippen molar-refractivity contribution in [3.63, 3.8) is 0 Å². The number of fused-ring (bicyclic) bond motifs is 2. The van der Waals surface area contributed by atoms with Crippen molar-refractivity contribution in [2.45, 2.75) is 0 Å². The standard InChI is InChI=1S/C30H23N7/c1-3-13-23(14-4-1)32-28-34-29(33-24-15-5-2-6-16-24)36-30(35-28)37-31-20-27-25-17-9-7-11-21(25)19-22-12-8-10-18-26(22)27/h1-20H,(H3,32,33,34,35,36,37)/b31-20-. The van der Waals surface area contributed by atoms with Crippen LogP contribution in [-0.2, 0) is 0 Å². The van der Waals surface area contributed by atoms with Crippen LogP contribution in [0.4, 0.5) is 29.2 Å². The molecule has 0 aliphatic rings. The molecule has 6 rings (SSSR count). The molecule has 5 aromatic carbocycles. The maximum atomic E-state index is 4.54. The summed E-state index contributed by atoms with van der Waals surface area (Å²) in [4.78, 5) is 13.6. The van der Waals surface area contributed by atoms with E-state index in [1.807, 2.05) is 91.1 Å². The second kappa shape index (κ2) is 10.1. The van der Waals surface area contributed by atoms with E-state index in [0.717, 1.165) is 38.5 Å². The zero-order chi connectivity index (χ0) is 24.9. The zero-order valence-electron chi connectivity index (χ0n) is 19.8. The lowest BCUT2D eigenvalue weighted by molar-refractivity contribution is 1.04. The van der Waals surface area contributed by atoms with Gasteiger partial charge in [0.2, 0.25) is 17.8 Å². The number of anilines is 5. The highest BCUT2D eigenvalue weighted by molar-refractivity contribution is 6.13. The number of nitrogens with one attached hydrogen (secondary N) is 3. The number of hydrogen-bond acceptors (Lipinski definition) is 7. The van der Waals surface area contributed by atoms with Crippen molar-refractivity contribution in [3.8, 4) is 0 Å². The number of benzene rings is 5. The Morgan fingerprint density at radius 1 is 0.514 bits per heavy atom. The Balaban J connectivity index is 1.34. The van der Waals surface area contributed by atoms with Crippen molar-refractivity contribution in [2.24, 2.45) is 5.10 Å². The Morgan fingerprint density at radius 2 is 0.973 bits per heavy atom. The van der Waals surface area contributed by atoms with Crippen LogP contribution in [-0.4, -0.2) is 21.2 Å². The Bertz CT molecular complexity index is 1590. The minimum atomic E-state index is 0.313. The second-order valence-electron chi connectivity index (χ2n) is 8.39. The van der Waals surface area contributed by atoms with Gasteiger partial charge in [-0.1, -0.05) is 84.9 Å². The summed E-state index contributed by atoms with van der Waals surface area (Å²) in [5.41, 5.74) is 5.77. The van der Waals surface area contributed by atoms with Gasteiger partial charge in [0, 0.05) is 16.9 Å². The van der Waals surface area contributed by atoms with Gasteiger partial charge in [-0.3, -0.25) is 0 Å². The lowest BCUT2D eigenvalue weighted by Gasteiger charge is -2.10. The first-order valence-electron chi connectivity index (χ1n) is 11.9. The first kappa shape index (κ1) is 22.2. The predicted octanol–water partition coefficient (Wildman–Crippen LogP) is 7.11. The SMILES string of the molecule is C(=N/Nc1nc(Nc2ccccc2)nc(Nc2ccccc2)n1)/c1c2ccccc2cc2ccccc12. The monoisotopic (exact) mass is 481 g/mol. The summed E-state index contributed by atoms with van der Waals surface area (Å²) >= 11 is 0. The van der Waals surface area contributed by atoms with Crippen LogP contribution in [0.5, 0.6) is 0 Å². The van der Waals surface area contributed by atoms with Crippen molar-refractivity contribution >= 4 is 57.0 Å². The van der Waals surface area contributed by atoms with Crippen molar-refractivity contribution in [1.82, 2.24) is 15.0 Å². The number of nitrogens with zero attached hydrogens (tertiary/aromatic N) is 4. The topological polar surface area (TPSA) is 87.1 Å². The van der Waals surface area contributed by atoms with Gasteiger partial charge in [-0.05, 0) is 51.9 Å². The third kappa shape index (κ3) is 5.06. The van der Waals surface area contributed by atoms with E-state index in [2.05, 4.69) is 66.4 Å². The largest absolute Gasteiger partial charge is 0.324 e. The van der Waals surface area contributed by atoms with E-state index in [1.165, 1.54) is 0 Å². The molecule has 6 aromatic rings. The number of rotatable bonds is 7. The quantitative estimate of drug-likeness (QED) is 0.128. The van der Waals surface area contributed by atoms with E-state index in [-0.39, 0.29) is 0 Å². The molecule has 1 aromatic heterocycles. The molecule has 7 nitrogen and oxygen atoms in total. The summed E-state index contributed by atoms with van der Waals surface area (Å²) < 4.78 is 0. The van der Waals surface area contributed by atoms with Crippen LogP contribution in [0.1, 0.15) is 5.56 Å². The Morgan fingerprint density at radius 3 is 1.51 bits per heavy atom. The molecule has 1 heterocycles. The molecule has 37 heavy (non-hydrogen) atoms. The number of hydrazone groups is 1. The van der Waals surface area contributed by atoms with Crippen LogP contribution < -0.4 is 16.1 Å². The molecule has 0 bridgehead atoms. The first-order chi connectivity index (χ1) is 18.3. The van der Waals surface area contributed by atoms with Gasteiger partial charge in [0.25, 0.3) is 0 Å².